The fraction of sp³-hybridized carbons (Fsp3) is 0.0370. The van der Waals surface area contributed by atoms with Crippen molar-refractivity contribution in [1.82, 2.24) is 0 Å². The molecule has 0 amide bonds. The lowest BCUT2D eigenvalue weighted by atomic mass is 10.2. The van der Waals surface area contributed by atoms with Gasteiger partial charge in [-0.25, -0.2) is 0 Å². The summed E-state index contributed by atoms with van der Waals surface area (Å²) in [7, 11) is 0. The largest absolute Gasteiger partial charge is 0.403 e. The molecule has 0 saturated heterocycles. The Morgan fingerprint density at radius 2 is 1.00 bits per heavy atom. The SMILES string of the molecule is C#CC#CC#CC#CC#COc1ccc(C)cc1OC#CC#CC#CC#CC#C.[HH].[HH].[HH].[HH].[HH].[HH].[HH].[HH].[HH].[HH].[HH].[HH].[HH].[HH].[HH].[HH].[HH].[HH].[HH].[HH].[HH].[HH]. The van der Waals surface area contributed by atoms with Gasteiger partial charge in [-0.2, -0.15) is 0 Å². The van der Waals surface area contributed by atoms with E-state index < -0.39 is 0 Å². The number of benzene rings is 1. The maximum Gasteiger partial charge on any atom is 0.184 e. The fourth-order valence-electron chi connectivity index (χ4n) is 1.38. The number of hydrogen-bond donors (Lipinski definition) is 0. The van der Waals surface area contributed by atoms with Crippen LogP contribution in [0.15, 0.2) is 18.2 Å². The van der Waals surface area contributed by atoms with E-state index in [1.807, 2.05) is 13.0 Å². The summed E-state index contributed by atoms with van der Waals surface area (Å²) in [6, 6.07) is 5.28. The highest BCUT2D eigenvalue weighted by atomic mass is 16.5. The Hall–Kier alpha value is -5.58. The van der Waals surface area contributed by atoms with Gasteiger partial charge in [-0.3, -0.25) is 0 Å². The van der Waals surface area contributed by atoms with Crippen LogP contribution in [0.25, 0.3) is 0 Å². The summed E-state index contributed by atoms with van der Waals surface area (Å²) in [4.78, 5) is 0. The van der Waals surface area contributed by atoms with Gasteiger partial charge in [0.1, 0.15) is 12.2 Å². The molecule has 0 aliphatic heterocycles. The van der Waals surface area contributed by atoms with Crippen molar-refractivity contribution in [1.29, 1.82) is 0 Å². The second-order valence-corrected chi connectivity index (χ2v) is 4.40. The third kappa shape index (κ3) is 10.8. The van der Waals surface area contributed by atoms with E-state index in [2.05, 4.69) is 107 Å². The molecule has 0 saturated carbocycles. The van der Waals surface area contributed by atoms with Gasteiger partial charge in [0.2, 0.25) is 0 Å². The molecule has 0 unspecified atom stereocenters. The van der Waals surface area contributed by atoms with Crippen molar-refractivity contribution in [2.24, 2.45) is 0 Å². The van der Waals surface area contributed by atoms with Crippen molar-refractivity contribution >= 4 is 0 Å². The number of ether oxygens (including phenoxy) is 2. The van der Waals surface area contributed by atoms with Crippen LogP contribution in [0.2, 0.25) is 0 Å². The predicted octanol–water partition coefficient (Wildman–Crippen LogP) is 7.37. The normalized spacial score (nSPS) is 5.90. The molecule has 0 heterocycles. The molecule has 0 aliphatic rings. The Labute approximate surface area is 204 Å². The molecule has 0 bridgehead atoms. The van der Waals surface area contributed by atoms with E-state index in [0.29, 0.717) is 11.5 Å². The van der Waals surface area contributed by atoms with E-state index in [9.17, 15) is 0 Å². The van der Waals surface area contributed by atoms with Crippen molar-refractivity contribution in [2.45, 2.75) is 6.92 Å². The zero-order chi connectivity index (χ0) is 21.0. The molecule has 0 N–H and O–H groups in total. The van der Waals surface area contributed by atoms with Crippen molar-refractivity contribution in [3.05, 3.63) is 23.8 Å². The highest BCUT2D eigenvalue weighted by Crippen LogP contribution is 2.27. The van der Waals surface area contributed by atoms with Crippen LogP contribution in [0.5, 0.6) is 11.5 Å². The number of aryl methyl sites for hydroxylation is 1. The van der Waals surface area contributed by atoms with Crippen molar-refractivity contribution in [2.75, 3.05) is 0 Å². The average Bonchev–Trinajstić information content (AvgIpc) is 2.72. The van der Waals surface area contributed by atoms with Crippen LogP contribution in [-0.4, -0.2) is 0 Å². The highest BCUT2D eigenvalue weighted by molar-refractivity contribution is 5.46. The first kappa shape index (κ1) is 21.5. The summed E-state index contributed by atoms with van der Waals surface area (Å²) in [6.45, 7) is 1.90. The van der Waals surface area contributed by atoms with E-state index in [4.69, 9.17) is 22.3 Å². The van der Waals surface area contributed by atoms with E-state index >= 15 is 0 Å². The van der Waals surface area contributed by atoms with E-state index in [0.717, 1.165) is 5.56 Å². The van der Waals surface area contributed by atoms with E-state index in [-0.39, 0.29) is 31.4 Å². The van der Waals surface area contributed by atoms with Crippen LogP contribution in [0.4, 0.5) is 0 Å². The molecule has 2 heteroatoms. The summed E-state index contributed by atoms with van der Waals surface area (Å²) in [6.07, 6.45) is 14.8. The summed E-state index contributed by atoms with van der Waals surface area (Å²) >= 11 is 0. The minimum atomic E-state index is 0. The molecular weight excluding hydrogens is 356 g/mol. The van der Waals surface area contributed by atoms with Gasteiger partial charge in [0.25, 0.3) is 0 Å². The Balaban J connectivity index is -0.0000000191. The smallest absolute Gasteiger partial charge is 0.184 e. The van der Waals surface area contributed by atoms with Crippen LogP contribution in [0, 0.1) is 127 Å². The maximum absolute atomic E-state index is 5.35. The molecule has 0 fully saturated rings. The standard InChI is InChI=1S/C27H8O2.22H2/c1-4-6-8-10-12-14-16-18-22-28-26-21-20-25(3)24-27(26)29-23-19-17-15-13-11-9-7-5-2;;;;;;;;;;;;;;;;;;;;;;/h1-2,20-21,24H,3H3;22*1H. The lowest BCUT2D eigenvalue weighted by molar-refractivity contribution is 0.452. The zero-order valence-corrected chi connectivity index (χ0v) is 15.2. The number of rotatable bonds is 2. The predicted molar refractivity (Wildman–Crippen MR) is 159 cm³/mol. The molecule has 1 aromatic carbocycles. The Kier molecular flexibility index (Phi) is 10.9. The molecule has 0 radical (unpaired) electrons. The molecule has 0 spiro atoms. The van der Waals surface area contributed by atoms with Gasteiger partial charge in [0, 0.05) is 78.7 Å². The van der Waals surface area contributed by atoms with E-state index in [1.165, 1.54) is 0 Å². The summed E-state index contributed by atoms with van der Waals surface area (Å²) in [5.41, 5.74) is 0.953. The van der Waals surface area contributed by atoms with Gasteiger partial charge in [0.05, 0.1) is 0 Å². The lowest BCUT2D eigenvalue weighted by Gasteiger charge is -2.04. The summed E-state index contributed by atoms with van der Waals surface area (Å²) in [5.74, 6) is 39.4. The monoisotopic (exact) mass is 408 g/mol. The lowest BCUT2D eigenvalue weighted by Crippen LogP contribution is -1.90. The van der Waals surface area contributed by atoms with Gasteiger partial charge >= 0.3 is 0 Å². The van der Waals surface area contributed by atoms with Crippen LogP contribution >= 0.6 is 0 Å². The highest BCUT2D eigenvalue weighted by Gasteiger charge is 2.04. The Morgan fingerprint density at radius 1 is 0.586 bits per heavy atom. The van der Waals surface area contributed by atoms with E-state index in [1.54, 1.807) is 12.1 Å². The van der Waals surface area contributed by atoms with Gasteiger partial charge in [-0.05, 0) is 72.0 Å². The van der Waals surface area contributed by atoms with Gasteiger partial charge in [0.15, 0.2) is 11.5 Å². The second-order valence-electron chi connectivity index (χ2n) is 4.40. The van der Waals surface area contributed by atoms with Crippen LogP contribution in [0.3, 0.4) is 0 Å². The molecular formula is C27H52O2. The quantitative estimate of drug-likeness (QED) is 0.475. The molecule has 0 aromatic heterocycles. The summed E-state index contributed by atoms with van der Waals surface area (Å²) in [5, 5.41) is 0. The average molecular weight is 409 g/mol. The summed E-state index contributed by atoms with van der Waals surface area (Å²) < 4.78 is 10.7. The Morgan fingerprint density at radius 3 is 1.48 bits per heavy atom. The molecule has 1 aromatic rings. The van der Waals surface area contributed by atoms with Gasteiger partial charge < -0.3 is 9.47 Å². The minimum absolute atomic E-state index is 0. The minimum Gasteiger partial charge on any atom is -0.403 e. The molecule has 0 atom stereocenters. The van der Waals surface area contributed by atoms with Gasteiger partial charge in [-0.1, -0.05) is 6.07 Å². The first-order valence-electron chi connectivity index (χ1n) is 7.63. The first-order chi connectivity index (χ1) is 14.3. The molecule has 29 heavy (non-hydrogen) atoms. The van der Waals surface area contributed by atoms with Crippen LogP contribution in [-0.2, 0) is 0 Å². The third-order valence-electron chi connectivity index (χ3n) is 2.42. The maximum atomic E-state index is 5.35. The molecule has 172 valence electrons. The topological polar surface area (TPSA) is 18.5 Å². The van der Waals surface area contributed by atoms with Crippen molar-refractivity contribution < 1.29 is 40.9 Å². The van der Waals surface area contributed by atoms with Crippen molar-refractivity contribution in [3.8, 4) is 131 Å². The van der Waals surface area contributed by atoms with Crippen LogP contribution in [0.1, 0.15) is 36.9 Å². The third-order valence-corrected chi connectivity index (χ3v) is 2.42. The first-order valence-corrected chi connectivity index (χ1v) is 7.63. The number of terminal acetylenes is 2. The molecule has 2 nitrogen and oxygen atoms in total. The van der Waals surface area contributed by atoms with Crippen LogP contribution < -0.4 is 9.47 Å². The van der Waals surface area contributed by atoms with Crippen molar-refractivity contribution in [3.63, 3.8) is 0 Å². The zero-order valence-electron chi connectivity index (χ0n) is 15.2. The fourth-order valence-corrected chi connectivity index (χ4v) is 1.38. The second kappa shape index (κ2) is 14.7. The Bertz CT molecular complexity index is 1410. The number of hydrogen-bond acceptors (Lipinski definition) is 2. The molecule has 1 rings (SSSR count). The molecule has 0 aliphatic carbocycles. The van der Waals surface area contributed by atoms with Gasteiger partial charge in [-0.15, -0.1) is 12.8 Å².